The van der Waals surface area contributed by atoms with Crippen molar-refractivity contribution in [3.05, 3.63) is 0 Å². The Balaban J connectivity index is 2.51. The van der Waals surface area contributed by atoms with E-state index in [1.54, 1.807) is 0 Å². The number of carboxylic acids is 1. The lowest BCUT2D eigenvalue weighted by Gasteiger charge is -2.38. The predicted octanol–water partition coefficient (Wildman–Crippen LogP) is 0.299. The van der Waals surface area contributed by atoms with Gasteiger partial charge in [-0.3, -0.25) is 5.43 Å². The summed E-state index contributed by atoms with van der Waals surface area (Å²) in [6.45, 7) is 3.77. The summed E-state index contributed by atoms with van der Waals surface area (Å²) in [6.07, 6.45) is 3.13. The van der Waals surface area contributed by atoms with Crippen LogP contribution in [0.3, 0.4) is 0 Å². The van der Waals surface area contributed by atoms with E-state index in [-0.39, 0.29) is 25.1 Å². The van der Waals surface area contributed by atoms with Crippen molar-refractivity contribution in [2.45, 2.75) is 57.7 Å². The number of hydrogen-bond acceptors (Lipinski definition) is 4. The molecule has 0 spiro atoms. The Morgan fingerprint density at radius 2 is 1.89 bits per heavy atom. The number of carbonyl (C=O) groups is 2. The fourth-order valence-electron chi connectivity index (χ4n) is 2.34. The molecule has 0 radical (unpaired) electrons. The van der Waals surface area contributed by atoms with Gasteiger partial charge in [-0.25, -0.2) is 14.6 Å². The average Bonchev–Trinajstić information content (AvgIpc) is 2.33. The number of carbonyl (C=O) groups excluding carboxylic acids is 1. The third-order valence-electron chi connectivity index (χ3n) is 3.45. The third-order valence-corrected chi connectivity index (χ3v) is 3.45. The highest BCUT2D eigenvalue weighted by Gasteiger charge is 2.27. The van der Waals surface area contributed by atoms with Crippen molar-refractivity contribution < 1.29 is 19.8 Å². The second kappa shape index (κ2) is 7.30. The highest BCUT2D eigenvalue weighted by atomic mass is 16.4. The van der Waals surface area contributed by atoms with Gasteiger partial charge in [-0.15, -0.1) is 0 Å². The molecule has 0 aromatic carbocycles. The second-order valence-electron chi connectivity index (χ2n) is 5.02. The summed E-state index contributed by atoms with van der Waals surface area (Å²) >= 11 is 0. The maximum Gasteiger partial charge on any atom is 0.330 e. The number of aliphatic hydroxyl groups is 1. The van der Waals surface area contributed by atoms with Gasteiger partial charge in [-0.1, -0.05) is 6.42 Å². The Hall–Kier alpha value is -1.34. The minimum Gasteiger partial charge on any atom is -0.480 e. The molecule has 0 aliphatic carbocycles. The molecule has 0 aromatic rings. The molecule has 0 saturated carbocycles. The van der Waals surface area contributed by atoms with Crippen LogP contribution in [0.15, 0.2) is 0 Å². The number of aliphatic hydroxyl groups excluding tert-OH is 1. The van der Waals surface area contributed by atoms with Crippen molar-refractivity contribution in [3.63, 3.8) is 0 Å². The first-order chi connectivity index (χ1) is 8.95. The van der Waals surface area contributed by atoms with E-state index in [4.69, 9.17) is 10.2 Å². The van der Waals surface area contributed by atoms with Gasteiger partial charge < -0.3 is 15.5 Å². The zero-order valence-corrected chi connectivity index (χ0v) is 11.4. The smallest absolute Gasteiger partial charge is 0.330 e. The molecule has 1 rings (SSSR count). The van der Waals surface area contributed by atoms with Gasteiger partial charge >= 0.3 is 12.0 Å². The van der Waals surface area contributed by atoms with Gasteiger partial charge in [0.25, 0.3) is 0 Å². The van der Waals surface area contributed by atoms with E-state index in [1.807, 2.05) is 18.9 Å². The van der Waals surface area contributed by atoms with E-state index in [0.717, 1.165) is 19.3 Å². The monoisotopic (exact) mass is 273 g/mol. The Labute approximate surface area is 112 Å². The SMILES string of the molecule is CC1CCCC(C)N1NC(=O)N[C@@H](CCO)C(=O)O. The third kappa shape index (κ3) is 4.68. The largest absolute Gasteiger partial charge is 0.480 e. The molecule has 4 N–H and O–H groups in total. The van der Waals surface area contributed by atoms with Crippen molar-refractivity contribution in [1.82, 2.24) is 15.8 Å². The van der Waals surface area contributed by atoms with Gasteiger partial charge in [-0.2, -0.15) is 0 Å². The fraction of sp³-hybridized carbons (Fsp3) is 0.833. The Morgan fingerprint density at radius 1 is 1.32 bits per heavy atom. The zero-order chi connectivity index (χ0) is 14.4. The molecule has 0 bridgehead atoms. The molecule has 110 valence electrons. The number of urea groups is 1. The first-order valence-electron chi connectivity index (χ1n) is 6.64. The van der Waals surface area contributed by atoms with Crippen LogP contribution < -0.4 is 10.7 Å². The lowest BCUT2D eigenvalue weighted by atomic mass is 10.00. The molecule has 1 aliphatic rings. The van der Waals surface area contributed by atoms with Gasteiger partial charge in [0.05, 0.1) is 0 Å². The van der Waals surface area contributed by atoms with Crippen LogP contribution in [-0.2, 0) is 4.79 Å². The normalized spacial score (nSPS) is 25.6. The minimum absolute atomic E-state index is 0.00609. The molecule has 1 aliphatic heterocycles. The lowest BCUT2D eigenvalue weighted by molar-refractivity contribution is -0.139. The van der Waals surface area contributed by atoms with Crippen molar-refractivity contribution in [3.8, 4) is 0 Å². The van der Waals surface area contributed by atoms with E-state index >= 15 is 0 Å². The molecule has 1 saturated heterocycles. The molecule has 1 heterocycles. The van der Waals surface area contributed by atoms with Gasteiger partial charge in [0.15, 0.2) is 0 Å². The summed E-state index contributed by atoms with van der Waals surface area (Å²) < 4.78 is 0. The molecular formula is C12H23N3O4. The molecule has 3 atom stereocenters. The number of carboxylic acid groups (broad SMARTS) is 1. The minimum atomic E-state index is -1.15. The van der Waals surface area contributed by atoms with Crippen LogP contribution in [0, 0.1) is 0 Å². The van der Waals surface area contributed by atoms with E-state index in [0.29, 0.717) is 0 Å². The first kappa shape index (κ1) is 15.7. The maximum atomic E-state index is 11.8. The van der Waals surface area contributed by atoms with Gasteiger partial charge in [0.1, 0.15) is 6.04 Å². The summed E-state index contributed by atoms with van der Waals surface area (Å²) in [5, 5.41) is 21.9. The van der Waals surface area contributed by atoms with E-state index in [1.165, 1.54) is 0 Å². The lowest BCUT2D eigenvalue weighted by Crippen LogP contribution is -2.58. The Kier molecular flexibility index (Phi) is 6.04. The molecule has 2 unspecified atom stereocenters. The molecule has 7 heteroatoms. The van der Waals surface area contributed by atoms with Crippen molar-refractivity contribution in [2.75, 3.05) is 6.61 Å². The number of hydrogen-bond donors (Lipinski definition) is 4. The number of rotatable bonds is 5. The first-order valence-corrected chi connectivity index (χ1v) is 6.64. The topological polar surface area (TPSA) is 102 Å². The summed E-state index contributed by atoms with van der Waals surface area (Å²) in [7, 11) is 0. The molecule has 19 heavy (non-hydrogen) atoms. The van der Waals surface area contributed by atoms with Crippen molar-refractivity contribution in [1.29, 1.82) is 0 Å². The quantitative estimate of drug-likeness (QED) is 0.577. The van der Waals surface area contributed by atoms with Crippen LogP contribution in [0.5, 0.6) is 0 Å². The van der Waals surface area contributed by atoms with Crippen LogP contribution in [0.1, 0.15) is 39.5 Å². The fourth-order valence-corrected chi connectivity index (χ4v) is 2.34. The number of nitrogens with zero attached hydrogens (tertiary/aromatic N) is 1. The van der Waals surface area contributed by atoms with E-state index < -0.39 is 18.0 Å². The summed E-state index contributed by atoms with van der Waals surface area (Å²) in [6, 6.07) is -1.15. The second-order valence-corrected chi connectivity index (χ2v) is 5.02. The van der Waals surface area contributed by atoms with Crippen LogP contribution >= 0.6 is 0 Å². The number of nitrogens with one attached hydrogen (secondary N) is 2. The highest BCUT2D eigenvalue weighted by Crippen LogP contribution is 2.19. The zero-order valence-electron chi connectivity index (χ0n) is 11.4. The summed E-state index contributed by atoms with van der Waals surface area (Å²) in [5.74, 6) is -1.15. The Bertz CT molecular complexity index is 314. The predicted molar refractivity (Wildman–Crippen MR) is 69.4 cm³/mol. The molecule has 1 fully saturated rings. The van der Waals surface area contributed by atoms with Crippen molar-refractivity contribution in [2.24, 2.45) is 0 Å². The average molecular weight is 273 g/mol. The molecule has 7 nitrogen and oxygen atoms in total. The number of aliphatic carboxylic acids is 1. The standard InChI is InChI=1S/C12H23N3O4/c1-8-4-3-5-9(2)15(8)14-12(19)13-10(6-7-16)11(17)18/h8-10,16H,3-7H2,1-2H3,(H,17,18)(H2,13,14,19)/t8?,9?,10-/m0/s1. The summed E-state index contributed by atoms with van der Waals surface area (Å²) in [4.78, 5) is 22.7. The van der Waals surface area contributed by atoms with Crippen LogP contribution in [-0.4, -0.2) is 52.0 Å². The van der Waals surface area contributed by atoms with Crippen LogP contribution in [0.2, 0.25) is 0 Å². The highest BCUT2D eigenvalue weighted by molar-refractivity contribution is 5.82. The Morgan fingerprint density at radius 3 is 2.37 bits per heavy atom. The number of piperidine rings is 1. The van der Waals surface area contributed by atoms with Crippen molar-refractivity contribution >= 4 is 12.0 Å². The molecule has 2 amide bonds. The van der Waals surface area contributed by atoms with Gasteiger partial charge in [0.2, 0.25) is 0 Å². The van der Waals surface area contributed by atoms with E-state index in [2.05, 4.69) is 10.7 Å². The van der Waals surface area contributed by atoms with Crippen LogP contribution in [0.25, 0.3) is 0 Å². The number of hydrazine groups is 1. The summed E-state index contributed by atoms with van der Waals surface area (Å²) in [5.41, 5.74) is 2.70. The molecular weight excluding hydrogens is 250 g/mol. The van der Waals surface area contributed by atoms with Gasteiger partial charge in [-0.05, 0) is 26.7 Å². The number of amides is 2. The van der Waals surface area contributed by atoms with Crippen LogP contribution in [0.4, 0.5) is 4.79 Å². The van der Waals surface area contributed by atoms with E-state index in [9.17, 15) is 9.59 Å². The maximum absolute atomic E-state index is 11.8. The van der Waals surface area contributed by atoms with Gasteiger partial charge in [0, 0.05) is 25.1 Å². The molecule has 0 aromatic heterocycles.